The third kappa shape index (κ3) is 2.75. The summed E-state index contributed by atoms with van der Waals surface area (Å²) in [5.74, 6) is 1.42. The molecule has 0 aromatic carbocycles. The summed E-state index contributed by atoms with van der Waals surface area (Å²) in [6, 6.07) is 7.88. The van der Waals surface area contributed by atoms with E-state index in [2.05, 4.69) is 22.9 Å². The zero-order valence-electron chi connectivity index (χ0n) is 10.1. The Kier molecular flexibility index (Phi) is 3.60. The molecule has 1 aromatic rings. The summed E-state index contributed by atoms with van der Waals surface area (Å²) in [6.07, 6.45) is 2.33. The van der Waals surface area contributed by atoms with Crippen LogP contribution in [-0.4, -0.2) is 24.1 Å². The van der Waals surface area contributed by atoms with E-state index in [1.807, 2.05) is 12.1 Å². The summed E-state index contributed by atoms with van der Waals surface area (Å²) in [5, 5.41) is 8.85. The van der Waals surface area contributed by atoms with Gasteiger partial charge < -0.3 is 10.6 Å². The lowest BCUT2D eigenvalue weighted by molar-refractivity contribution is 0.363. The van der Waals surface area contributed by atoms with Crippen molar-refractivity contribution in [3.63, 3.8) is 0 Å². The van der Waals surface area contributed by atoms with Gasteiger partial charge in [0.15, 0.2) is 0 Å². The molecule has 1 saturated heterocycles. The summed E-state index contributed by atoms with van der Waals surface area (Å²) in [7, 11) is 0. The fourth-order valence-electron chi connectivity index (χ4n) is 2.31. The van der Waals surface area contributed by atoms with Gasteiger partial charge >= 0.3 is 0 Å². The van der Waals surface area contributed by atoms with Gasteiger partial charge in [-0.2, -0.15) is 5.26 Å². The maximum absolute atomic E-state index is 8.85. The van der Waals surface area contributed by atoms with Gasteiger partial charge in [0.05, 0.1) is 0 Å². The lowest BCUT2D eigenvalue weighted by atomic mass is 9.92. The van der Waals surface area contributed by atoms with Crippen LogP contribution < -0.4 is 10.6 Å². The van der Waals surface area contributed by atoms with Crippen molar-refractivity contribution in [3.8, 4) is 6.07 Å². The molecule has 2 atom stereocenters. The van der Waals surface area contributed by atoms with Crippen molar-refractivity contribution in [2.45, 2.75) is 25.8 Å². The average Bonchev–Trinajstić information content (AvgIpc) is 2.39. The number of nitrogens with zero attached hydrogens (tertiary/aromatic N) is 3. The van der Waals surface area contributed by atoms with E-state index in [1.165, 1.54) is 6.42 Å². The predicted octanol–water partition coefficient (Wildman–Crippen LogP) is 1.52. The van der Waals surface area contributed by atoms with Gasteiger partial charge in [0.2, 0.25) is 0 Å². The van der Waals surface area contributed by atoms with E-state index in [-0.39, 0.29) is 6.04 Å². The number of hydrogen-bond acceptors (Lipinski definition) is 4. The van der Waals surface area contributed by atoms with Crippen LogP contribution in [0.4, 0.5) is 5.82 Å². The Hall–Kier alpha value is -1.60. The fourth-order valence-corrected chi connectivity index (χ4v) is 2.31. The Morgan fingerprint density at radius 1 is 1.59 bits per heavy atom. The minimum Gasteiger partial charge on any atom is -0.356 e. The first-order chi connectivity index (χ1) is 8.20. The molecule has 2 unspecified atom stereocenters. The summed E-state index contributed by atoms with van der Waals surface area (Å²) >= 11 is 0. The largest absolute Gasteiger partial charge is 0.356 e. The van der Waals surface area contributed by atoms with Gasteiger partial charge in [0.25, 0.3) is 0 Å². The van der Waals surface area contributed by atoms with Crippen LogP contribution in [0.3, 0.4) is 0 Å². The highest BCUT2D eigenvalue weighted by Crippen LogP contribution is 2.23. The molecule has 17 heavy (non-hydrogen) atoms. The molecule has 4 nitrogen and oxygen atoms in total. The summed E-state index contributed by atoms with van der Waals surface area (Å²) in [5.41, 5.74) is 6.44. The van der Waals surface area contributed by atoms with Gasteiger partial charge in [-0.15, -0.1) is 0 Å². The van der Waals surface area contributed by atoms with Gasteiger partial charge in [-0.25, -0.2) is 4.98 Å². The fraction of sp³-hybridized carbons (Fsp3) is 0.538. The number of piperidine rings is 1. The lowest BCUT2D eigenvalue weighted by Crippen LogP contribution is -2.42. The quantitative estimate of drug-likeness (QED) is 0.836. The maximum Gasteiger partial charge on any atom is 0.142 e. The number of aromatic nitrogens is 1. The zero-order valence-corrected chi connectivity index (χ0v) is 10.1. The summed E-state index contributed by atoms with van der Waals surface area (Å²) in [4.78, 5) is 6.57. The molecule has 1 aromatic heterocycles. The van der Waals surface area contributed by atoms with Crippen LogP contribution in [-0.2, 0) is 0 Å². The highest BCUT2D eigenvalue weighted by Gasteiger charge is 2.23. The Morgan fingerprint density at radius 2 is 2.41 bits per heavy atom. The van der Waals surface area contributed by atoms with E-state index in [0.29, 0.717) is 11.6 Å². The molecule has 2 rings (SSSR count). The molecule has 0 amide bonds. The average molecular weight is 230 g/mol. The summed E-state index contributed by atoms with van der Waals surface area (Å²) < 4.78 is 0. The monoisotopic (exact) mass is 230 g/mol. The van der Waals surface area contributed by atoms with Crippen molar-refractivity contribution >= 4 is 5.82 Å². The molecule has 2 N–H and O–H groups in total. The van der Waals surface area contributed by atoms with Crippen molar-refractivity contribution < 1.29 is 0 Å². The standard InChI is InChI=1S/C13H18N4/c1-10(15)11-4-3-7-17(9-11)13-6-2-5-12(8-14)16-13/h2,5-6,10-11H,3-4,7,9,15H2,1H3. The van der Waals surface area contributed by atoms with Crippen molar-refractivity contribution in [2.24, 2.45) is 11.7 Å². The molecule has 90 valence electrons. The molecular weight excluding hydrogens is 212 g/mol. The Balaban J connectivity index is 2.13. The third-order valence-electron chi connectivity index (χ3n) is 3.37. The Labute approximate surface area is 102 Å². The van der Waals surface area contributed by atoms with E-state index in [1.54, 1.807) is 6.07 Å². The molecule has 0 bridgehead atoms. The summed E-state index contributed by atoms with van der Waals surface area (Å²) in [6.45, 7) is 4.01. The third-order valence-corrected chi connectivity index (χ3v) is 3.37. The van der Waals surface area contributed by atoms with Crippen molar-refractivity contribution in [3.05, 3.63) is 23.9 Å². The van der Waals surface area contributed by atoms with E-state index < -0.39 is 0 Å². The highest BCUT2D eigenvalue weighted by atomic mass is 15.2. The second-order valence-electron chi connectivity index (χ2n) is 4.70. The predicted molar refractivity (Wildman–Crippen MR) is 67.5 cm³/mol. The number of hydrogen-bond donors (Lipinski definition) is 1. The Morgan fingerprint density at radius 3 is 3.12 bits per heavy atom. The maximum atomic E-state index is 8.85. The van der Waals surface area contributed by atoms with E-state index in [4.69, 9.17) is 11.0 Å². The van der Waals surface area contributed by atoms with E-state index in [9.17, 15) is 0 Å². The smallest absolute Gasteiger partial charge is 0.142 e. The number of pyridine rings is 1. The number of rotatable bonds is 2. The SMILES string of the molecule is CC(N)C1CCCN(c2cccc(C#N)n2)C1. The molecule has 0 spiro atoms. The van der Waals surface area contributed by atoms with E-state index in [0.717, 1.165) is 25.3 Å². The van der Waals surface area contributed by atoms with E-state index >= 15 is 0 Å². The van der Waals surface area contributed by atoms with Gasteiger partial charge in [-0.3, -0.25) is 0 Å². The second-order valence-corrected chi connectivity index (χ2v) is 4.70. The van der Waals surface area contributed by atoms with Gasteiger partial charge in [-0.1, -0.05) is 6.07 Å². The number of nitriles is 1. The van der Waals surface area contributed by atoms with Crippen molar-refractivity contribution in [2.75, 3.05) is 18.0 Å². The van der Waals surface area contributed by atoms with Crippen LogP contribution in [0.15, 0.2) is 18.2 Å². The first-order valence-electron chi connectivity index (χ1n) is 6.08. The normalized spacial score (nSPS) is 21.9. The zero-order chi connectivity index (χ0) is 12.3. The number of anilines is 1. The molecule has 0 saturated carbocycles. The molecule has 2 heterocycles. The number of nitrogens with two attached hydrogens (primary N) is 1. The van der Waals surface area contributed by atoms with Crippen LogP contribution in [0.25, 0.3) is 0 Å². The second kappa shape index (κ2) is 5.15. The van der Waals surface area contributed by atoms with Crippen LogP contribution in [0.5, 0.6) is 0 Å². The molecule has 4 heteroatoms. The molecule has 0 aliphatic carbocycles. The molecule has 0 radical (unpaired) electrons. The van der Waals surface area contributed by atoms with Crippen LogP contribution >= 0.6 is 0 Å². The van der Waals surface area contributed by atoms with Crippen molar-refractivity contribution in [1.29, 1.82) is 5.26 Å². The minimum atomic E-state index is 0.219. The van der Waals surface area contributed by atoms with Crippen LogP contribution in [0.2, 0.25) is 0 Å². The highest BCUT2D eigenvalue weighted by molar-refractivity contribution is 5.42. The lowest BCUT2D eigenvalue weighted by Gasteiger charge is -2.35. The first-order valence-corrected chi connectivity index (χ1v) is 6.08. The van der Waals surface area contributed by atoms with Gasteiger partial charge in [-0.05, 0) is 37.8 Å². The van der Waals surface area contributed by atoms with Gasteiger partial charge in [0, 0.05) is 19.1 Å². The van der Waals surface area contributed by atoms with Gasteiger partial charge in [0.1, 0.15) is 17.6 Å². The minimum absolute atomic E-state index is 0.219. The van der Waals surface area contributed by atoms with Crippen LogP contribution in [0, 0.1) is 17.2 Å². The van der Waals surface area contributed by atoms with Crippen molar-refractivity contribution in [1.82, 2.24) is 4.98 Å². The molecule has 1 fully saturated rings. The first kappa shape index (κ1) is 11.9. The van der Waals surface area contributed by atoms with Crippen LogP contribution in [0.1, 0.15) is 25.5 Å². The topological polar surface area (TPSA) is 65.9 Å². The molecule has 1 aliphatic rings. The molecule has 1 aliphatic heterocycles. The Bertz CT molecular complexity index is 422. The molecular formula is C13H18N4.